The average molecular weight is 460 g/mol. The molecule has 0 bridgehead atoms. The lowest BCUT2D eigenvalue weighted by molar-refractivity contribution is -0.155. The predicted octanol–water partition coefficient (Wildman–Crippen LogP) is 5.27. The maximum absolute atomic E-state index is 12.8. The van der Waals surface area contributed by atoms with Crippen molar-refractivity contribution in [2.45, 2.75) is 45.8 Å². The van der Waals surface area contributed by atoms with Crippen molar-refractivity contribution in [1.82, 2.24) is 10.6 Å². The van der Waals surface area contributed by atoms with Gasteiger partial charge < -0.3 is 14.5 Å². The van der Waals surface area contributed by atoms with Gasteiger partial charge in [0.2, 0.25) is 0 Å². The van der Waals surface area contributed by atoms with Crippen LogP contribution in [0, 0.1) is 6.92 Å². The quantitative estimate of drug-likeness (QED) is 0.385. The Morgan fingerprint density at radius 2 is 1.85 bits per heavy atom. The number of aromatic nitrogens is 1. The van der Waals surface area contributed by atoms with E-state index < -0.39 is 11.6 Å². The van der Waals surface area contributed by atoms with Crippen molar-refractivity contribution >= 4 is 17.8 Å². The molecule has 0 spiro atoms. The first-order chi connectivity index (χ1) is 16.3. The van der Waals surface area contributed by atoms with E-state index in [0.29, 0.717) is 12.3 Å². The zero-order valence-electron chi connectivity index (χ0n) is 19.8. The molecule has 34 heavy (non-hydrogen) atoms. The molecule has 0 radical (unpaired) electrons. The van der Waals surface area contributed by atoms with Gasteiger partial charge in [0.25, 0.3) is 0 Å². The maximum Gasteiger partial charge on any atom is 0.308 e. The van der Waals surface area contributed by atoms with Gasteiger partial charge in [-0.15, -0.1) is 0 Å². The number of benzene rings is 2. The molecule has 4 rings (SSSR count). The molecule has 1 aliphatic heterocycles. The Kier molecular flexibility index (Phi) is 6.77. The number of hydroxylamine groups is 1. The van der Waals surface area contributed by atoms with Crippen LogP contribution in [0.15, 0.2) is 64.1 Å². The third-order valence-electron chi connectivity index (χ3n) is 5.41. The molecular formula is C27H29N3O4. The van der Waals surface area contributed by atoms with Crippen molar-refractivity contribution in [2.75, 3.05) is 6.54 Å². The van der Waals surface area contributed by atoms with Gasteiger partial charge in [-0.25, -0.2) is 5.48 Å². The molecule has 7 heteroatoms. The molecule has 7 nitrogen and oxygen atoms in total. The molecular weight excluding hydrogens is 430 g/mol. The molecule has 2 aromatic carbocycles. The van der Waals surface area contributed by atoms with E-state index in [0.717, 1.165) is 39.2 Å². The largest absolute Gasteiger partial charge is 0.460 e. The third-order valence-corrected chi connectivity index (χ3v) is 5.41. The van der Waals surface area contributed by atoms with Crippen LogP contribution in [0.4, 0.5) is 0 Å². The Bertz CT molecular complexity index is 1230. The van der Waals surface area contributed by atoms with E-state index in [1.54, 1.807) is 0 Å². The second-order valence-corrected chi connectivity index (χ2v) is 9.22. The first-order valence-electron chi connectivity index (χ1n) is 11.3. The summed E-state index contributed by atoms with van der Waals surface area (Å²) < 4.78 is 11.3. The highest BCUT2D eigenvalue weighted by molar-refractivity contribution is 6.17. The fraction of sp³-hybridized carbons (Fsp3) is 0.296. The molecule has 1 aliphatic rings. The van der Waals surface area contributed by atoms with E-state index in [1.807, 2.05) is 88.4 Å². The Morgan fingerprint density at radius 3 is 2.53 bits per heavy atom. The van der Waals surface area contributed by atoms with Crippen molar-refractivity contribution in [2.24, 2.45) is 4.99 Å². The number of hydrogen-bond acceptors (Lipinski definition) is 7. The minimum atomic E-state index is -0.591. The number of fused-ring (bicyclic) bond motifs is 3. The Labute approximate surface area is 199 Å². The second kappa shape index (κ2) is 9.75. The lowest BCUT2D eigenvalue weighted by Gasteiger charge is -2.20. The molecule has 1 aromatic heterocycles. The topological polar surface area (TPSA) is 97.0 Å². The van der Waals surface area contributed by atoms with E-state index in [4.69, 9.17) is 19.5 Å². The Morgan fingerprint density at radius 1 is 1.15 bits per heavy atom. The van der Waals surface area contributed by atoms with Gasteiger partial charge in [0, 0.05) is 17.7 Å². The fourth-order valence-electron chi connectivity index (χ4n) is 4.04. The number of ether oxygens (including phenoxy) is 1. The number of aliphatic imine (C=N–C) groups is 1. The lowest BCUT2D eigenvalue weighted by Crippen LogP contribution is -2.24. The molecule has 2 N–H and O–H groups in total. The summed E-state index contributed by atoms with van der Waals surface area (Å²) in [6.07, 6.45) is 3.80. The van der Waals surface area contributed by atoms with Crippen LogP contribution in [0.2, 0.25) is 0 Å². The first kappa shape index (κ1) is 23.6. The summed E-state index contributed by atoms with van der Waals surface area (Å²) in [7, 11) is 0. The molecule has 3 aromatic rings. The summed E-state index contributed by atoms with van der Waals surface area (Å²) in [6.45, 7) is 7.81. The smallest absolute Gasteiger partial charge is 0.308 e. The zero-order valence-corrected chi connectivity index (χ0v) is 19.8. The van der Waals surface area contributed by atoms with E-state index in [-0.39, 0.29) is 12.4 Å². The highest BCUT2D eigenvalue weighted by atomic mass is 16.6. The summed E-state index contributed by atoms with van der Waals surface area (Å²) >= 11 is 0. The van der Waals surface area contributed by atoms with Crippen molar-refractivity contribution in [3.05, 3.63) is 82.8 Å². The van der Waals surface area contributed by atoms with Crippen molar-refractivity contribution in [1.29, 1.82) is 0 Å². The van der Waals surface area contributed by atoms with Crippen LogP contribution in [0.3, 0.4) is 0 Å². The summed E-state index contributed by atoms with van der Waals surface area (Å²) in [5.41, 5.74) is 7.78. The maximum atomic E-state index is 12.8. The number of rotatable bonds is 6. The average Bonchev–Trinajstić information content (AvgIpc) is 3.11. The number of nitrogens with zero attached hydrogens (tertiary/aromatic N) is 2. The van der Waals surface area contributed by atoms with Crippen molar-refractivity contribution in [3.63, 3.8) is 0 Å². The van der Waals surface area contributed by atoms with E-state index in [9.17, 15) is 4.79 Å². The van der Waals surface area contributed by atoms with Gasteiger partial charge in [-0.2, -0.15) is 0 Å². The molecule has 0 saturated heterocycles. The standard InChI is InChI=1S/C27H29N3O4/c1-17-24-20-9-5-6-10-21(20)25(19-13-11-18(12-14-19)8-7-15-28-32)29-22(26(24)34-30-17)16-23(31)33-27(2,3)4/h5-14,22,28,32H,15-16H2,1-4H3/b8-7+/t22-/m0/s1. The molecule has 0 unspecified atom stereocenters. The lowest BCUT2D eigenvalue weighted by atomic mass is 9.92. The molecule has 0 fully saturated rings. The number of esters is 1. The number of carbonyl (C=O) groups is 1. The highest BCUT2D eigenvalue weighted by Crippen LogP contribution is 2.41. The van der Waals surface area contributed by atoms with Crippen molar-refractivity contribution in [3.8, 4) is 11.1 Å². The van der Waals surface area contributed by atoms with Crippen LogP contribution in [0.1, 0.15) is 61.4 Å². The fourth-order valence-corrected chi connectivity index (χ4v) is 4.04. The summed E-state index contributed by atoms with van der Waals surface area (Å²) in [5, 5.41) is 12.9. The van der Waals surface area contributed by atoms with Crippen LogP contribution in [0.5, 0.6) is 0 Å². The van der Waals surface area contributed by atoms with Crippen molar-refractivity contribution < 1.29 is 19.3 Å². The normalized spacial score (nSPS) is 15.4. The zero-order chi connectivity index (χ0) is 24.3. The predicted molar refractivity (Wildman–Crippen MR) is 131 cm³/mol. The van der Waals surface area contributed by atoms with Crippen LogP contribution in [-0.4, -0.2) is 34.2 Å². The molecule has 0 saturated carbocycles. The summed E-state index contributed by atoms with van der Waals surface area (Å²) in [5.74, 6) is 0.228. The molecule has 0 aliphatic carbocycles. The molecule has 2 heterocycles. The Hall–Kier alpha value is -3.55. The Balaban J connectivity index is 1.79. The second-order valence-electron chi connectivity index (χ2n) is 9.22. The molecule has 1 atom stereocenters. The first-order valence-corrected chi connectivity index (χ1v) is 11.3. The van der Waals surface area contributed by atoms with Gasteiger partial charge in [0.1, 0.15) is 11.6 Å². The SMILES string of the molecule is Cc1noc2c1-c1ccccc1C(c1ccc(/C=C/CNO)cc1)=N[C@H]2CC(=O)OC(C)(C)C. The summed E-state index contributed by atoms with van der Waals surface area (Å²) in [4.78, 5) is 17.8. The van der Waals surface area contributed by atoms with Crippen LogP contribution in [0.25, 0.3) is 17.2 Å². The minimum Gasteiger partial charge on any atom is -0.460 e. The third kappa shape index (κ3) is 5.16. The van der Waals surface area contributed by atoms with Gasteiger partial charge in [-0.05, 0) is 38.8 Å². The number of aryl methyl sites for hydroxylation is 1. The van der Waals surface area contributed by atoms with E-state index in [1.165, 1.54) is 0 Å². The molecule has 176 valence electrons. The van der Waals surface area contributed by atoms with E-state index in [2.05, 4.69) is 10.6 Å². The molecule has 0 amide bonds. The highest BCUT2D eigenvalue weighted by Gasteiger charge is 2.32. The van der Waals surface area contributed by atoms with Gasteiger partial charge in [0.05, 0.1) is 23.4 Å². The van der Waals surface area contributed by atoms with Gasteiger partial charge in [-0.3, -0.25) is 9.79 Å². The monoisotopic (exact) mass is 459 g/mol. The minimum absolute atomic E-state index is 0.0470. The van der Waals surface area contributed by atoms with Crippen LogP contribution >= 0.6 is 0 Å². The van der Waals surface area contributed by atoms with Crippen LogP contribution in [-0.2, 0) is 9.53 Å². The number of hydrogen-bond donors (Lipinski definition) is 2. The van der Waals surface area contributed by atoms with Gasteiger partial charge in [0.15, 0.2) is 5.76 Å². The van der Waals surface area contributed by atoms with E-state index >= 15 is 0 Å². The van der Waals surface area contributed by atoms with Gasteiger partial charge in [-0.1, -0.05) is 65.8 Å². The van der Waals surface area contributed by atoms with Crippen LogP contribution < -0.4 is 5.48 Å². The number of carbonyl (C=O) groups excluding carboxylic acids is 1. The number of nitrogens with one attached hydrogen (secondary N) is 1. The summed E-state index contributed by atoms with van der Waals surface area (Å²) in [6, 6.07) is 15.4. The van der Waals surface area contributed by atoms with Gasteiger partial charge >= 0.3 is 5.97 Å².